The lowest BCUT2D eigenvalue weighted by molar-refractivity contribution is -0.384. The van der Waals surface area contributed by atoms with Crippen molar-refractivity contribution in [3.05, 3.63) is 51.5 Å². The molecule has 20 heavy (non-hydrogen) atoms. The van der Waals surface area contributed by atoms with Crippen molar-refractivity contribution in [3.8, 4) is 17.2 Å². The van der Waals surface area contributed by atoms with Gasteiger partial charge in [-0.05, 0) is 24.3 Å². The van der Waals surface area contributed by atoms with Gasteiger partial charge in [-0.3, -0.25) is 10.1 Å². The predicted octanol–water partition coefficient (Wildman–Crippen LogP) is 3.76. The minimum Gasteiger partial charge on any atom is -0.508 e. The van der Waals surface area contributed by atoms with Gasteiger partial charge in [0.1, 0.15) is 11.3 Å². The van der Waals surface area contributed by atoms with Crippen LogP contribution in [0.2, 0.25) is 5.02 Å². The van der Waals surface area contributed by atoms with E-state index >= 15 is 0 Å². The van der Waals surface area contributed by atoms with E-state index in [1.165, 1.54) is 24.3 Å². The lowest BCUT2D eigenvalue weighted by Crippen LogP contribution is -1.87. The number of aromatic hydroxyl groups is 1. The summed E-state index contributed by atoms with van der Waals surface area (Å²) in [4.78, 5) is 14.4. The second kappa shape index (κ2) is 4.50. The summed E-state index contributed by atoms with van der Waals surface area (Å²) in [6.07, 6.45) is 0. The Bertz CT molecular complexity index is 811. The number of benzene rings is 2. The SMILES string of the molecule is O=[N+]([O-])c1cc(Cl)c2oc(-c3ccc(O)cc3)nc2c1. The van der Waals surface area contributed by atoms with Crippen LogP contribution in [0.3, 0.4) is 0 Å². The van der Waals surface area contributed by atoms with Gasteiger partial charge in [0.15, 0.2) is 5.58 Å². The Morgan fingerprint density at radius 2 is 1.95 bits per heavy atom. The van der Waals surface area contributed by atoms with Crippen LogP contribution < -0.4 is 0 Å². The summed E-state index contributed by atoms with van der Waals surface area (Å²) < 4.78 is 5.51. The fourth-order valence-corrected chi connectivity index (χ4v) is 2.06. The molecule has 0 spiro atoms. The van der Waals surface area contributed by atoms with Gasteiger partial charge >= 0.3 is 0 Å². The molecular weight excluding hydrogens is 284 g/mol. The van der Waals surface area contributed by atoms with E-state index in [9.17, 15) is 15.2 Å². The molecule has 100 valence electrons. The Balaban J connectivity index is 2.17. The Kier molecular flexibility index (Phi) is 2.80. The van der Waals surface area contributed by atoms with Crippen LogP contribution in [0.1, 0.15) is 0 Å². The van der Waals surface area contributed by atoms with Gasteiger partial charge in [0.25, 0.3) is 5.69 Å². The molecule has 1 aromatic heterocycles. The van der Waals surface area contributed by atoms with Crippen LogP contribution >= 0.6 is 11.6 Å². The first-order chi connectivity index (χ1) is 9.54. The van der Waals surface area contributed by atoms with Crippen LogP contribution in [0.25, 0.3) is 22.6 Å². The van der Waals surface area contributed by atoms with E-state index in [4.69, 9.17) is 16.0 Å². The molecule has 0 saturated carbocycles. The summed E-state index contributed by atoms with van der Waals surface area (Å²) >= 11 is 5.95. The molecule has 0 unspecified atom stereocenters. The van der Waals surface area contributed by atoms with Crippen molar-refractivity contribution in [2.75, 3.05) is 0 Å². The molecule has 2 aromatic carbocycles. The Hall–Kier alpha value is -2.60. The highest BCUT2D eigenvalue weighted by atomic mass is 35.5. The Morgan fingerprint density at radius 1 is 1.25 bits per heavy atom. The molecule has 1 N–H and O–H groups in total. The second-order valence-electron chi connectivity index (χ2n) is 4.10. The zero-order valence-electron chi connectivity index (χ0n) is 9.91. The van der Waals surface area contributed by atoms with E-state index in [1.54, 1.807) is 12.1 Å². The monoisotopic (exact) mass is 290 g/mol. The van der Waals surface area contributed by atoms with E-state index in [0.717, 1.165) is 0 Å². The number of fused-ring (bicyclic) bond motifs is 1. The molecule has 0 aliphatic rings. The Labute approximate surface area is 117 Å². The molecule has 0 aliphatic carbocycles. The molecule has 3 aromatic rings. The molecule has 0 radical (unpaired) electrons. The maximum absolute atomic E-state index is 10.8. The normalized spacial score (nSPS) is 10.8. The number of aromatic nitrogens is 1. The fourth-order valence-electron chi connectivity index (χ4n) is 1.81. The van der Waals surface area contributed by atoms with Gasteiger partial charge < -0.3 is 9.52 Å². The zero-order chi connectivity index (χ0) is 14.3. The van der Waals surface area contributed by atoms with Gasteiger partial charge in [-0.15, -0.1) is 0 Å². The first-order valence-corrected chi connectivity index (χ1v) is 5.96. The largest absolute Gasteiger partial charge is 0.508 e. The van der Waals surface area contributed by atoms with Gasteiger partial charge in [-0.2, -0.15) is 0 Å². The minimum atomic E-state index is -0.541. The van der Waals surface area contributed by atoms with Crippen LogP contribution in [-0.4, -0.2) is 15.0 Å². The smallest absolute Gasteiger partial charge is 0.273 e. The molecule has 1 heterocycles. The third kappa shape index (κ3) is 2.06. The summed E-state index contributed by atoms with van der Waals surface area (Å²) in [6, 6.07) is 8.76. The summed E-state index contributed by atoms with van der Waals surface area (Å²) in [5.74, 6) is 0.404. The summed E-state index contributed by atoms with van der Waals surface area (Å²) in [5, 5.41) is 20.1. The standard InChI is InChI=1S/C13H7ClN2O4/c14-10-5-8(16(18)19)6-11-12(10)20-13(15-11)7-1-3-9(17)4-2-7/h1-6,17H. The lowest BCUT2D eigenvalue weighted by Gasteiger charge is -1.94. The minimum absolute atomic E-state index is 0.124. The summed E-state index contributed by atoms with van der Waals surface area (Å²) in [5.41, 5.74) is 1.10. The number of nitro groups is 1. The van der Waals surface area contributed by atoms with Gasteiger partial charge in [0, 0.05) is 17.7 Å². The van der Waals surface area contributed by atoms with Gasteiger partial charge in [0.2, 0.25) is 5.89 Å². The highest BCUT2D eigenvalue weighted by molar-refractivity contribution is 6.35. The number of phenols is 1. The topological polar surface area (TPSA) is 89.4 Å². The van der Waals surface area contributed by atoms with E-state index in [-0.39, 0.29) is 22.4 Å². The number of hydrogen-bond donors (Lipinski definition) is 1. The Morgan fingerprint density at radius 3 is 2.60 bits per heavy atom. The van der Waals surface area contributed by atoms with Gasteiger partial charge in [-0.25, -0.2) is 4.98 Å². The van der Waals surface area contributed by atoms with E-state index < -0.39 is 4.92 Å². The number of oxazole rings is 1. The van der Waals surface area contributed by atoms with Crippen molar-refractivity contribution in [3.63, 3.8) is 0 Å². The van der Waals surface area contributed by atoms with Crippen molar-refractivity contribution < 1.29 is 14.4 Å². The molecule has 0 amide bonds. The molecule has 7 heteroatoms. The maximum atomic E-state index is 10.8. The fraction of sp³-hybridized carbons (Fsp3) is 0. The summed E-state index contributed by atoms with van der Waals surface area (Å²) in [6.45, 7) is 0. The molecular formula is C13H7ClN2O4. The van der Waals surface area contributed by atoms with Crippen LogP contribution in [-0.2, 0) is 0 Å². The lowest BCUT2D eigenvalue weighted by atomic mass is 10.2. The molecule has 0 saturated heterocycles. The van der Waals surface area contributed by atoms with Crippen molar-refractivity contribution >= 4 is 28.4 Å². The van der Waals surface area contributed by atoms with Crippen LogP contribution in [0, 0.1) is 10.1 Å². The van der Waals surface area contributed by atoms with E-state index in [0.29, 0.717) is 16.7 Å². The number of phenolic OH excluding ortho intramolecular Hbond substituents is 1. The van der Waals surface area contributed by atoms with Crippen molar-refractivity contribution in [1.82, 2.24) is 4.98 Å². The first kappa shape index (κ1) is 12.4. The molecule has 0 aliphatic heterocycles. The average Bonchev–Trinajstić information content (AvgIpc) is 2.84. The number of halogens is 1. The third-order valence-corrected chi connectivity index (χ3v) is 3.04. The highest BCUT2D eigenvalue weighted by Gasteiger charge is 2.16. The maximum Gasteiger partial charge on any atom is 0.273 e. The summed E-state index contributed by atoms with van der Waals surface area (Å²) in [7, 11) is 0. The van der Waals surface area contributed by atoms with Gasteiger partial charge in [-0.1, -0.05) is 11.6 Å². The third-order valence-electron chi connectivity index (χ3n) is 2.75. The first-order valence-electron chi connectivity index (χ1n) is 5.58. The molecule has 3 rings (SSSR count). The number of nitrogens with zero attached hydrogens (tertiary/aromatic N) is 2. The van der Waals surface area contributed by atoms with E-state index in [2.05, 4.69) is 4.98 Å². The number of nitro benzene ring substituents is 1. The average molecular weight is 291 g/mol. The highest BCUT2D eigenvalue weighted by Crippen LogP contribution is 2.32. The molecule has 0 fully saturated rings. The number of non-ortho nitro benzene ring substituents is 1. The quantitative estimate of drug-likeness (QED) is 0.573. The predicted molar refractivity (Wildman–Crippen MR) is 72.8 cm³/mol. The molecule has 0 bridgehead atoms. The van der Waals surface area contributed by atoms with Crippen LogP contribution in [0.15, 0.2) is 40.8 Å². The number of rotatable bonds is 2. The molecule has 6 nitrogen and oxygen atoms in total. The second-order valence-corrected chi connectivity index (χ2v) is 4.51. The number of hydrogen-bond acceptors (Lipinski definition) is 5. The van der Waals surface area contributed by atoms with E-state index in [1.807, 2.05) is 0 Å². The zero-order valence-corrected chi connectivity index (χ0v) is 10.7. The van der Waals surface area contributed by atoms with Crippen molar-refractivity contribution in [1.29, 1.82) is 0 Å². The van der Waals surface area contributed by atoms with Crippen molar-refractivity contribution in [2.45, 2.75) is 0 Å². The molecule has 0 atom stereocenters. The van der Waals surface area contributed by atoms with Gasteiger partial charge in [0.05, 0.1) is 9.95 Å². The van der Waals surface area contributed by atoms with Crippen LogP contribution in [0.4, 0.5) is 5.69 Å². The van der Waals surface area contributed by atoms with Crippen LogP contribution in [0.5, 0.6) is 5.75 Å². The van der Waals surface area contributed by atoms with Crippen molar-refractivity contribution in [2.24, 2.45) is 0 Å².